The van der Waals surface area contributed by atoms with Crippen LogP contribution >= 0.6 is 15.9 Å². The van der Waals surface area contributed by atoms with Gasteiger partial charge in [0.25, 0.3) is 0 Å². The summed E-state index contributed by atoms with van der Waals surface area (Å²) in [6.07, 6.45) is -4.44. The van der Waals surface area contributed by atoms with Crippen molar-refractivity contribution < 1.29 is 13.2 Å². The number of aromatic nitrogens is 1. The zero-order valence-electron chi connectivity index (χ0n) is 10.4. The van der Waals surface area contributed by atoms with E-state index in [9.17, 15) is 13.2 Å². The molecule has 108 valence electrons. The van der Waals surface area contributed by atoms with Gasteiger partial charge in [-0.15, -0.1) is 0 Å². The van der Waals surface area contributed by atoms with E-state index in [1.807, 2.05) is 0 Å². The fraction of sp³-hybridized carbons (Fsp3) is 0.0769. The second-order valence-corrected chi connectivity index (χ2v) is 4.92. The van der Waals surface area contributed by atoms with Crippen LogP contribution in [-0.2, 0) is 6.18 Å². The van der Waals surface area contributed by atoms with Crippen LogP contribution in [0.1, 0.15) is 11.3 Å². The summed E-state index contributed by atoms with van der Waals surface area (Å²) in [5.74, 6) is 0.223. The van der Waals surface area contributed by atoms with Crippen LogP contribution in [0.25, 0.3) is 0 Å². The first-order chi connectivity index (χ1) is 9.81. The topological polar surface area (TPSA) is 74.7 Å². The molecular weight excluding hydrogens is 349 g/mol. The van der Waals surface area contributed by atoms with Crippen LogP contribution in [0.2, 0.25) is 0 Å². The van der Waals surface area contributed by atoms with Gasteiger partial charge in [-0.05, 0) is 46.3 Å². The van der Waals surface area contributed by atoms with E-state index < -0.39 is 11.7 Å². The van der Waals surface area contributed by atoms with Crippen molar-refractivity contribution in [2.75, 3.05) is 11.1 Å². The molecule has 8 heteroatoms. The third kappa shape index (κ3) is 3.44. The van der Waals surface area contributed by atoms with Crippen molar-refractivity contribution >= 4 is 33.1 Å². The molecule has 0 saturated carbocycles. The quantitative estimate of drug-likeness (QED) is 0.850. The molecule has 0 aliphatic carbocycles. The van der Waals surface area contributed by atoms with E-state index in [1.54, 1.807) is 6.07 Å². The number of nitriles is 1. The van der Waals surface area contributed by atoms with Crippen molar-refractivity contribution in [3.05, 3.63) is 46.1 Å². The predicted molar refractivity (Wildman–Crippen MR) is 75.8 cm³/mol. The van der Waals surface area contributed by atoms with E-state index in [2.05, 4.69) is 26.2 Å². The third-order valence-corrected chi connectivity index (χ3v) is 3.28. The van der Waals surface area contributed by atoms with Crippen LogP contribution in [-0.4, -0.2) is 4.98 Å². The maximum atomic E-state index is 12.7. The zero-order chi connectivity index (χ0) is 15.6. The lowest BCUT2D eigenvalue weighted by Crippen LogP contribution is -2.06. The average Bonchev–Trinajstić information content (AvgIpc) is 2.42. The largest absolute Gasteiger partial charge is 0.416 e. The number of halogens is 4. The molecule has 0 fully saturated rings. The second-order valence-electron chi connectivity index (χ2n) is 4.06. The van der Waals surface area contributed by atoms with Crippen molar-refractivity contribution in [3.8, 4) is 6.07 Å². The molecule has 1 aromatic heterocycles. The molecule has 1 heterocycles. The number of hydrogen-bond donors (Lipinski definition) is 2. The van der Waals surface area contributed by atoms with Crippen LogP contribution in [0, 0.1) is 11.3 Å². The van der Waals surface area contributed by atoms with E-state index >= 15 is 0 Å². The Balaban J connectivity index is 2.38. The molecule has 0 aliphatic heterocycles. The van der Waals surface area contributed by atoms with E-state index in [4.69, 9.17) is 11.0 Å². The van der Waals surface area contributed by atoms with Gasteiger partial charge >= 0.3 is 6.18 Å². The molecule has 3 N–H and O–H groups in total. The molecular formula is C13H8BrF3N4. The minimum atomic E-state index is -4.44. The Morgan fingerprint density at radius 2 is 1.95 bits per heavy atom. The molecule has 1 aromatic carbocycles. The maximum absolute atomic E-state index is 12.7. The molecule has 0 aliphatic rings. The number of anilines is 3. The lowest BCUT2D eigenvalue weighted by molar-refractivity contribution is -0.137. The monoisotopic (exact) mass is 356 g/mol. The maximum Gasteiger partial charge on any atom is 0.416 e. The summed E-state index contributed by atoms with van der Waals surface area (Å²) in [6.45, 7) is 0. The second kappa shape index (κ2) is 5.61. The number of rotatable bonds is 2. The SMILES string of the molecule is N#Cc1nc(Nc2cc(C(F)(F)F)ccc2Br)ccc1N. The van der Waals surface area contributed by atoms with Gasteiger partial charge in [-0.1, -0.05) is 0 Å². The molecule has 0 saturated heterocycles. The van der Waals surface area contributed by atoms with Crippen molar-refractivity contribution in [1.82, 2.24) is 4.98 Å². The molecule has 0 amide bonds. The van der Waals surface area contributed by atoms with E-state index in [0.717, 1.165) is 12.1 Å². The predicted octanol–water partition coefficient (Wildman–Crippen LogP) is 4.06. The summed E-state index contributed by atoms with van der Waals surface area (Å²) in [6, 6.07) is 7.94. The Morgan fingerprint density at radius 1 is 1.24 bits per heavy atom. The summed E-state index contributed by atoms with van der Waals surface area (Å²) in [5.41, 5.74) is 5.13. The first-order valence-corrected chi connectivity index (χ1v) is 6.41. The number of nitrogen functional groups attached to an aromatic ring is 1. The van der Waals surface area contributed by atoms with E-state index in [0.29, 0.717) is 4.47 Å². The van der Waals surface area contributed by atoms with Crippen molar-refractivity contribution in [3.63, 3.8) is 0 Å². The molecule has 0 bridgehead atoms. The molecule has 0 spiro atoms. The number of nitrogens with zero attached hydrogens (tertiary/aromatic N) is 2. The highest BCUT2D eigenvalue weighted by molar-refractivity contribution is 9.10. The Kier molecular flexibility index (Phi) is 4.04. The number of pyridine rings is 1. The summed E-state index contributed by atoms with van der Waals surface area (Å²) < 4.78 is 38.5. The lowest BCUT2D eigenvalue weighted by atomic mass is 10.2. The first-order valence-electron chi connectivity index (χ1n) is 5.61. The van der Waals surface area contributed by atoms with Gasteiger partial charge in [0, 0.05) is 4.47 Å². The Bertz CT molecular complexity index is 722. The van der Waals surface area contributed by atoms with Gasteiger partial charge in [-0.2, -0.15) is 18.4 Å². The van der Waals surface area contributed by atoms with Gasteiger partial charge in [-0.3, -0.25) is 0 Å². The average molecular weight is 357 g/mol. The fourth-order valence-electron chi connectivity index (χ4n) is 1.56. The Morgan fingerprint density at radius 3 is 2.57 bits per heavy atom. The van der Waals surface area contributed by atoms with Crippen LogP contribution in [0.5, 0.6) is 0 Å². The molecule has 0 atom stereocenters. The van der Waals surface area contributed by atoms with Crippen LogP contribution in [0.4, 0.5) is 30.4 Å². The fourth-order valence-corrected chi connectivity index (χ4v) is 1.91. The van der Waals surface area contributed by atoms with Gasteiger partial charge in [0.05, 0.1) is 16.9 Å². The number of nitrogens with one attached hydrogen (secondary N) is 1. The number of benzene rings is 1. The first kappa shape index (κ1) is 15.1. The Labute approximate surface area is 126 Å². The van der Waals surface area contributed by atoms with Gasteiger partial charge < -0.3 is 11.1 Å². The molecule has 21 heavy (non-hydrogen) atoms. The number of nitrogens with two attached hydrogens (primary N) is 1. The van der Waals surface area contributed by atoms with Gasteiger partial charge in [0.2, 0.25) is 0 Å². The van der Waals surface area contributed by atoms with Crippen LogP contribution in [0.15, 0.2) is 34.8 Å². The summed E-state index contributed by atoms with van der Waals surface area (Å²) in [5, 5.41) is 11.6. The van der Waals surface area contributed by atoms with Gasteiger partial charge in [0.1, 0.15) is 11.9 Å². The molecule has 0 unspecified atom stereocenters. The van der Waals surface area contributed by atoms with Crippen LogP contribution < -0.4 is 11.1 Å². The van der Waals surface area contributed by atoms with Gasteiger partial charge in [0.15, 0.2) is 5.69 Å². The minimum absolute atomic E-state index is 0.00287. The molecule has 0 radical (unpaired) electrons. The van der Waals surface area contributed by atoms with Crippen molar-refractivity contribution in [2.24, 2.45) is 0 Å². The molecule has 2 aromatic rings. The normalized spacial score (nSPS) is 11.0. The van der Waals surface area contributed by atoms with E-state index in [-0.39, 0.29) is 22.9 Å². The third-order valence-electron chi connectivity index (χ3n) is 2.59. The van der Waals surface area contributed by atoms with Crippen molar-refractivity contribution in [1.29, 1.82) is 5.26 Å². The zero-order valence-corrected chi connectivity index (χ0v) is 12.0. The van der Waals surface area contributed by atoms with Crippen LogP contribution in [0.3, 0.4) is 0 Å². The standard InChI is InChI=1S/C13H8BrF3N4/c14-8-2-1-7(13(15,16)17)5-10(8)20-12-4-3-9(19)11(6-18)21-12/h1-5H,19H2,(H,20,21). The highest BCUT2D eigenvalue weighted by Crippen LogP contribution is 2.35. The Hall–Kier alpha value is -2.27. The highest BCUT2D eigenvalue weighted by Gasteiger charge is 2.30. The van der Waals surface area contributed by atoms with E-state index in [1.165, 1.54) is 18.2 Å². The number of hydrogen-bond acceptors (Lipinski definition) is 4. The van der Waals surface area contributed by atoms with Crippen molar-refractivity contribution in [2.45, 2.75) is 6.18 Å². The summed E-state index contributed by atoms with van der Waals surface area (Å²) >= 11 is 3.16. The highest BCUT2D eigenvalue weighted by atomic mass is 79.9. The smallest absolute Gasteiger partial charge is 0.396 e. The lowest BCUT2D eigenvalue weighted by Gasteiger charge is -2.12. The van der Waals surface area contributed by atoms with Gasteiger partial charge in [-0.25, -0.2) is 4.98 Å². The number of alkyl halides is 3. The molecule has 4 nitrogen and oxygen atoms in total. The molecule has 2 rings (SSSR count). The summed E-state index contributed by atoms with van der Waals surface area (Å²) in [7, 11) is 0. The minimum Gasteiger partial charge on any atom is -0.396 e. The summed E-state index contributed by atoms with van der Waals surface area (Å²) in [4.78, 5) is 3.92.